The van der Waals surface area contributed by atoms with Crippen molar-refractivity contribution in [3.05, 3.63) is 35.4 Å². The maximum Gasteiger partial charge on any atom is 0.192 e. The van der Waals surface area contributed by atoms with E-state index in [9.17, 15) is 0 Å². The van der Waals surface area contributed by atoms with Gasteiger partial charge in [0.25, 0.3) is 0 Å². The van der Waals surface area contributed by atoms with Gasteiger partial charge in [0.1, 0.15) is 0 Å². The standard InChI is InChI=1S/C11H14O3/c1-11(13-6-7-14-11)10-4-2-9(8-12)3-5-10/h2-5,12H,6-8H2,1H3. The van der Waals surface area contributed by atoms with Crippen molar-refractivity contribution in [1.82, 2.24) is 0 Å². The summed E-state index contributed by atoms with van der Waals surface area (Å²) < 4.78 is 11.0. The van der Waals surface area contributed by atoms with Crippen molar-refractivity contribution in [2.45, 2.75) is 19.3 Å². The largest absolute Gasteiger partial charge is 0.392 e. The summed E-state index contributed by atoms with van der Waals surface area (Å²) >= 11 is 0. The van der Waals surface area contributed by atoms with Crippen LogP contribution in [0.5, 0.6) is 0 Å². The van der Waals surface area contributed by atoms with E-state index in [4.69, 9.17) is 14.6 Å². The van der Waals surface area contributed by atoms with Crippen molar-refractivity contribution in [2.24, 2.45) is 0 Å². The van der Waals surface area contributed by atoms with Gasteiger partial charge >= 0.3 is 0 Å². The Kier molecular flexibility index (Phi) is 2.54. The molecule has 14 heavy (non-hydrogen) atoms. The van der Waals surface area contributed by atoms with Gasteiger partial charge in [-0.25, -0.2) is 0 Å². The second kappa shape index (κ2) is 3.69. The van der Waals surface area contributed by atoms with Crippen molar-refractivity contribution < 1.29 is 14.6 Å². The third kappa shape index (κ3) is 1.66. The number of hydrogen-bond donors (Lipinski definition) is 1. The second-order valence-corrected chi connectivity index (χ2v) is 3.50. The van der Waals surface area contributed by atoms with E-state index in [2.05, 4.69) is 0 Å². The van der Waals surface area contributed by atoms with Crippen LogP contribution in [-0.4, -0.2) is 18.3 Å². The number of aliphatic hydroxyl groups excluding tert-OH is 1. The Bertz CT molecular complexity index is 299. The SMILES string of the molecule is CC1(c2ccc(CO)cc2)OCCO1. The molecule has 2 rings (SSSR count). The molecule has 0 unspecified atom stereocenters. The summed E-state index contributed by atoms with van der Waals surface area (Å²) in [6.07, 6.45) is 0. The van der Waals surface area contributed by atoms with Gasteiger partial charge in [0.15, 0.2) is 5.79 Å². The monoisotopic (exact) mass is 194 g/mol. The van der Waals surface area contributed by atoms with E-state index in [-0.39, 0.29) is 6.61 Å². The van der Waals surface area contributed by atoms with Crippen LogP contribution in [0.1, 0.15) is 18.1 Å². The highest BCUT2D eigenvalue weighted by atomic mass is 16.7. The highest BCUT2D eigenvalue weighted by Gasteiger charge is 2.32. The molecule has 0 saturated carbocycles. The maximum absolute atomic E-state index is 8.90. The number of ether oxygens (including phenoxy) is 2. The Morgan fingerprint density at radius 2 is 1.79 bits per heavy atom. The lowest BCUT2D eigenvalue weighted by atomic mass is 10.1. The first-order valence-electron chi connectivity index (χ1n) is 4.73. The zero-order chi connectivity index (χ0) is 10.0. The number of benzene rings is 1. The van der Waals surface area contributed by atoms with Gasteiger partial charge in [0.05, 0.1) is 19.8 Å². The zero-order valence-electron chi connectivity index (χ0n) is 8.19. The van der Waals surface area contributed by atoms with Gasteiger partial charge in [-0.2, -0.15) is 0 Å². The summed E-state index contributed by atoms with van der Waals surface area (Å²) in [6, 6.07) is 7.62. The van der Waals surface area contributed by atoms with Gasteiger partial charge in [-0.05, 0) is 12.5 Å². The van der Waals surface area contributed by atoms with Gasteiger partial charge in [-0.15, -0.1) is 0 Å². The van der Waals surface area contributed by atoms with Gasteiger partial charge in [-0.3, -0.25) is 0 Å². The van der Waals surface area contributed by atoms with Gasteiger partial charge in [0, 0.05) is 5.56 Å². The molecule has 1 aliphatic heterocycles. The van der Waals surface area contributed by atoms with Crippen LogP contribution in [0, 0.1) is 0 Å². The Balaban J connectivity index is 2.23. The number of aliphatic hydroxyl groups is 1. The summed E-state index contributed by atoms with van der Waals surface area (Å²) in [7, 11) is 0. The minimum atomic E-state index is -0.603. The molecule has 1 saturated heterocycles. The topological polar surface area (TPSA) is 38.7 Å². The van der Waals surface area contributed by atoms with E-state index in [1.54, 1.807) is 0 Å². The molecule has 76 valence electrons. The molecule has 3 heteroatoms. The summed E-state index contributed by atoms with van der Waals surface area (Å²) in [5.41, 5.74) is 1.89. The maximum atomic E-state index is 8.90. The molecule has 1 aromatic rings. The minimum Gasteiger partial charge on any atom is -0.392 e. The van der Waals surface area contributed by atoms with E-state index >= 15 is 0 Å². The second-order valence-electron chi connectivity index (χ2n) is 3.50. The Morgan fingerprint density at radius 3 is 2.29 bits per heavy atom. The molecule has 1 N–H and O–H groups in total. The van der Waals surface area contributed by atoms with Gasteiger partial charge in [0.2, 0.25) is 0 Å². The summed E-state index contributed by atoms with van der Waals surface area (Å²) in [5, 5.41) is 8.90. The molecule has 1 aliphatic rings. The summed E-state index contributed by atoms with van der Waals surface area (Å²) in [6.45, 7) is 3.25. The normalized spacial score (nSPS) is 19.9. The molecule has 3 nitrogen and oxygen atoms in total. The molecular formula is C11H14O3. The lowest BCUT2D eigenvalue weighted by Crippen LogP contribution is -2.22. The van der Waals surface area contributed by atoms with Crippen LogP contribution in [0.15, 0.2) is 24.3 Å². The lowest BCUT2D eigenvalue weighted by Gasteiger charge is -2.22. The van der Waals surface area contributed by atoms with Crippen LogP contribution in [0.2, 0.25) is 0 Å². The first kappa shape index (κ1) is 9.65. The summed E-state index contributed by atoms with van der Waals surface area (Å²) in [5.74, 6) is -0.603. The highest BCUT2D eigenvalue weighted by Crippen LogP contribution is 2.30. The van der Waals surface area contributed by atoms with Crippen molar-refractivity contribution in [3.8, 4) is 0 Å². The molecular weight excluding hydrogens is 180 g/mol. The molecule has 0 atom stereocenters. The van der Waals surface area contributed by atoms with E-state index in [1.807, 2.05) is 31.2 Å². The van der Waals surface area contributed by atoms with Crippen LogP contribution >= 0.6 is 0 Å². The quantitative estimate of drug-likeness (QED) is 0.773. The van der Waals surface area contributed by atoms with E-state index in [1.165, 1.54) is 0 Å². The van der Waals surface area contributed by atoms with Crippen LogP contribution in [0.3, 0.4) is 0 Å². The zero-order valence-corrected chi connectivity index (χ0v) is 8.19. The number of rotatable bonds is 2. The molecule has 0 aliphatic carbocycles. The smallest absolute Gasteiger partial charge is 0.192 e. The molecule has 0 spiro atoms. The van der Waals surface area contributed by atoms with Gasteiger partial charge in [-0.1, -0.05) is 24.3 Å². The summed E-state index contributed by atoms with van der Waals surface area (Å²) in [4.78, 5) is 0. The average Bonchev–Trinajstić information content (AvgIpc) is 2.67. The molecule has 0 radical (unpaired) electrons. The molecule has 0 bridgehead atoms. The Morgan fingerprint density at radius 1 is 1.21 bits per heavy atom. The fourth-order valence-corrected chi connectivity index (χ4v) is 1.59. The predicted octanol–water partition coefficient (Wildman–Crippen LogP) is 1.40. The van der Waals surface area contributed by atoms with Crippen molar-refractivity contribution >= 4 is 0 Å². The van der Waals surface area contributed by atoms with E-state index in [0.717, 1.165) is 11.1 Å². The lowest BCUT2D eigenvalue weighted by molar-refractivity contribution is -0.149. The van der Waals surface area contributed by atoms with Gasteiger partial charge < -0.3 is 14.6 Å². The minimum absolute atomic E-state index is 0.0682. The third-order valence-electron chi connectivity index (χ3n) is 2.50. The fraction of sp³-hybridized carbons (Fsp3) is 0.455. The van der Waals surface area contributed by atoms with Crippen molar-refractivity contribution in [2.75, 3.05) is 13.2 Å². The van der Waals surface area contributed by atoms with Crippen LogP contribution in [0.4, 0.5) is 0 Å². The number of hydrogen-bond acceptors (Lipinski definition) is 3. The highest BCUT2D eigenvalue weighted by molar-refractivity contribution is 5.25. The Hall–Kier alpha value is -0.900. The van der Waals surface area contributed by atoms with Crippen LogP contribution in [0.25, 0.3) is 0 Å². The third-order valence-corrected chi connectivity index (χ3v) is 2.50. The van der Waals surface area contributed by atoms with Crippen LogP contribution < -0.4 is 0 Å². The molecule has 0 amide bonds. The molecule has 1 aromatic carbocycles. The van der Waals surface area contributed by atoms with Crippen LogP contribution in [-0.2, 0) is 21.9 Å². The van der Waals surface area contributed by atoms with Crippen molar-refractivity contribution in [1.29, 1.82) is 0 Å². The predicted molar refractivity (Wildman–Crippen MR) is 51.6 cm³/mol. The van der Waals surface area contributed by atoms with E-state index in [0.29, 0.717) is 13.2 Å². The fourth-order valence-electron chi connectivity index (χ4n) is 1.59. The van der Waals surface area contributed by atoms with Crippen molar-refractivity contribution in [3.63, 3.8) is 0 Å². The van der Waals surface area contributed by atoms with E-state index < -0.39 is 5.79 Å². The molecule has 1 fully saturated rings. The Labute approximate surface area is 83.3 Å². The average molecular weight is 194 g/mol. The molecule has 1 heterocycles. The molecule has 0 aromatic heterocycles. The first-order valence-corrected chi connectivity index (χ1v) is 4.73. The first-order chi connectivity index (χ1) is 6.74.